The van der Waals surface area contributed by atoms with Crippen molar-refractivity contribution in [3.8, 4) is 11.5 Å². The van der Waals surface area contributed by atoms with Crippen LogP contribution in [0.25, 0.3) is 0 Å². The van der Waals surface area contributed by atoms with E-state index in [1.807, 2.05) is 35.2 Å². The van der Waals surface area contributed by atoms with E-state index in [4.69, 9.17) is 9.84 Å². The molecule has 1 unspecified atom stereocenters. The Morgan fingerprint density at radius 3 is 2.17 bits per heavy atom. The Labute approximate surface area is 168 Å². The molecule has 7 heteroatoms. The van der Waals surface area contributed by atoms with Crippen LogP contribution in [0.2, 0.25) is 0 Å². The van der Waals surface area contributed by atoms with E-state index < -0.39 is 12.0 Å². The molecule has 29 heavy (non-hydrogen) atoms. The van der Waals surface area contributed by atoms with Crippen molar-refractivity contribution in [1.82, 2.24) is 4.90 Å². The zero-order chi connectivity index (χ0) is 20.4. The van der Waals surface area contributed by atoms with Crippen molar-refractivity contribution < 1.29 is 24.2 Å². The molecule has 0 radical (unpaired) electrons. The number of imide groups is 1. The van der Waals surface area contributed by atoms with Crippen LogP contribution in [0, 0.1) is 5.92 Å². The van der Waals surface area contributed by atoms with Gasteiger partial charge in [0.05, 0.1) is 24.1 Å². The number of carbonyl (C=O) groups excluding carboxylic acids is 2. The lowest BCUT2D eigenvalue weighted by Gasteiger charge is -2.33. The summed E-state index contributed by atoms with van der Waals surface area (Å²) in [7, 11) is 0. The number of aliphatic carboxylic acids is 1. The van der Waals surface area contributed by atoms with E-state index >= 15 is 0 Å². The summed E-state index contributed by atoms with van der Waals surface area (Å²) < 4.78 is 5.75. The molecule has 1 N–H and O–H groups in total. The minimum absolute atomic E-state index is 0.124. The van der Waals surface area contributed by atoms with Gasteiger partial charge in [0.25, 0.3) is 5.91 Å². The highest BCUT2D eigenvalue weighted by Crippen LogP contribution is 2.30. The number of likely N-dealkylation sites (tertiary alicyclic amines) is 1. The topological polar surface area (TPSA) is 87.2 Å². The maximum atomic E-state index is 12.9. The number of para-hydroxylation sites is 1. The van der Waals surface area contributed by atoms with Gasteiger partial charge in [-0.05, 0) is 62.3 Å². The Morgan fingerprint density at radius 1 is 0.931 bits per heavy atom. The molecule has 2 amide bonds. The zero-order valence-corrected chi connectivity index (χ0v) is 15.9. The van der Waals surface area contributed by atoms with E-state index in [2.05, 4.69) is 0 Å². The van der Waals surface area contributed by atoms with E-state index in [-0.39, 0.29) is 24.2 Å². The minimum Gasteiger partial charge on any atom is -0.481 e. The molecule has 1 atom stereocenters. The summed E-state index contributed by atoms with van der Waals surface area (Å²) in [6.45, 7) is 1.02. The largest absolute Gasteiger partial charge is 0.481 e. The SMILES string of the molecule is O=C(O)C1CCN(C2CC(=O)N(c3ccc(Oc4ccccc4)cc3)C2=O)CC1. The summed E-state index contributed by atoms with van der Waals surface area (Å²) in [5.74, 6) is -0.327. The summed E-state index contributed by atoms with van der Waals surface area (Å²) in [6.07, 6.45) is 1.12. The molecule has 0 aromatic heterocycles. The van der Waals surface area contributed by atoms with Gasteiger partial charge in [-0.1, -0.05) is 18.2 Å². The number of carboxylic acid groups (broad SMARTS) is 1. The number of carbonyl (C=O) groups is 3. The molecular weight excluding hydrogens is 372 g/mol. The highest BCUT2D eigenvalue weighted by Gasteiger charge is 2.43. The van der Waals surface area contributed by atoms with Crippen molar-refractivity contribution in [1.29, 1.82) is 0 Å². The highest BCUT2D eigenvalue weighted by atomic mass is 16.5. The molecule has 2 fully saturated rings. The van der Waals surface area contributed by atoms with Gasteiger partial charge in [-0.2, -0.15) is 0 Å². The van der Waals surface area contributed by atoms with Crippen LogP contribution >= 0.6 is 0 Å². The van der Waals surface area contributed by atoms with Crippen LogP contribution < -0.4 is 9.64 Å². The van der Waals surface area contributed by atoms with Crippen LogP contribution in [0.4, 0.5) is 5.69 Å². The molecule has 0 saturated carbocycles. The van der Waals surface area contributed by atoms with Gasteiger partial charge in [-0.15, -0.1) is 0 Å². The van der Waals surface area contributed by atoms with Gasteiger partial charge in [0.1, 0.15) is 11.5 Å². The molecule has 4 rings (SSSR count). The third-order valence-corrected chi connectivity index (χ3v) is 5.52. The first-order valence-electron chi connectivity index (χ1n) is 9.69. The summed E-state index contributed by atoms with van der Waals surface area (Å²) in [5.41, 5.74) is 0.517. The molecular formula is C22H22N2O5. The summed E-state index contributed by atoms with van der Waals surface area (Å²) in [6, 6.07) is 15.7. The average Bonchev–Trinajstić information content (AvgIpc) is 3.03. The zero-order valence-electron chi connectivity index (χ0n) is 15.9. The smallest absolute Gasteiger partial charge is 0.306 e. The van der Waals surface area contributed by atoms with Crippen molar-refractivity contribution in [3.05, 3.63) is 54.6 Å². The lowest BCUT2D eigenvalue weighted by molar-refractivity contribution is -0.143. The Morgan fingerprint density at radius 2 is 1.55 bits per heavy atom. The molecule has 2 aliphatic rings. The molecule has 2 heterocycles. The normalized spacial score (nSPS) is 20.8. The number of anilines is 1. The molecule has 7 nitrogen and oxygen atoms in total. The maximum absolute atomic E-state index is 12.9. The Balaban J connectivity index is 1.43. The second-order valence-electron chi connectivity index (χ2n) is 7.34. The van der Waals surface area contributed by atoms with Gasteiger partial charge >= 0.3 is 5.97 Å². The van der Waals surface area contributed by atoms with Gasteiger partial charge < -0.3 is 9.84 Å². The third-order valence-electron chi connectivity index (χ3n) is 5.52. The second-order valence-corrected chi connectivity index (χ2v) is 7.34. The fourth-order valence-corrected chi connectivity index (χ4v) is 3.92. The first-order valence-corrected chi connectivity index (χ1v) is 9.69. The fourth-order valence-electron chi connectivity index (χ4n) is 3.92. The van der Waals surface area contributed by atoms with E-state index in [0.29, 0.717) is 43.1 Å². The van der Waals surface area contributed by atoms with Crippen LogP contribution in [0.15, 0.2) is 54.6 Å². The van der Waals surface area contributed by atoms with Crippen molar-refractivity contribution in [2.75, 3.05) is 18.0 Å². The van der Waals surface area contributed by atoms with Crippen LogP contribution in [0.1, 0.15) is 19.3 Å². The number of carboxylic acids is 1. The first kappa shape index (κ1) is 19.1. The number of benzene rings is 2. The van der Waals surface area contributed by atoms with Crippen LogP contribution in [-0.2, 0) is 14.4 Å². The lowest BCUT2D eigenvalue weighted by Crippen LogP contribution is -2.46. The molecule has 2 aromatic carbocycles. The lowest BCUT2D eigenvalue weighted by atomic mass is 9.96. The average molecular weight is 394 g/mol. The van der Waals surface area contributed by atoms with Crippen molar-refractivity contribution in [3.63, 3.8) is 0 Å². The predicted molar refractivity (Wildman–Crippen MR) is 106 cm³/mol. The molecule has 0 aliphatic carbocycles. The van der Waals surface area contributed by atoms with Gasteiger partial charge in [-0.25, -0.2) is 4.90 Å². The van der Waals surface area contributed by atoms with Gasteiger partial charge in [0.15, 0.2) is 0 Å². The summed E-state index contributed by atoms with van der Waals surface area (Å²) in [5, 5.41) is 9.13. The number of ether oxygens (including phenoxy) is 1. The minimum atomic E-state index is -0.794. The maximum Gasteiger partial charge on any atom is 0.306 e. The number of hydrogen-bond donors (Lipinski definition) is 1. The van der Waals surface area contributed by atoms with Gasteiger partial charge in [-0.3, -0.25) is 19.3 Å². The standard InChI is InChI=1S/C22H22N2O5/c25-20-14-19(23-12-10-15(11-13-23)22(27)28)21(26)24(20)16-6-8-18(9-7-16)29-17-4-2-1-3-5-17/h1-9,15,19H,10-14H2,(H,27,28). The summed E-state index contributed by atoms with van der Waals surface area (Å²) >= 11 is 0. The molecule has 2 saturated heterocycles. The molecule has 2 aliphatic heterocycles. The number of amides is 2. The fraction of sp³-hybridized carbons (Fsp3) is 0.318. The number of piperidine rings is 1. The molecule has 0 spiro atoms. The Hall–Kier alpha value is -3.19. The van der Waals surface area contributed by atoms with Crippen LogP contribution in [0.3, 0.4) is 0 Å². The Bertz CT molecular complexity index is 905. The van der Waals surface area contributed by atoms with Crippen molar-refractivity contribution in [2.45, 2.75) is 25.3 Å². The highest BCUT2D eigenvalue weighted by molar-refractivity contribution is 6.22. The monoisotopic (exact) mass is 394 g/mol. The number of hydrogen-bond acceptors (Lipinski definition) is 5. The summed E-state index contributed by atoms with van der Waals surface area (Å²) in [4.78, 5) is 39.7. The molecule has 0 bridgehead atoms. The molecule has 2 aromatic rings. The van der Waals surface area contributed by atoms with Crippen molar-refractivity contribution in [2.24, 2.45) is 5.92 Å². The Kier molecular flexibility index (Phi) is 5.31. The van der Waals surface area contributed by atoms with Crippen LogP contribution in [-0.4, -0.2) is 46.9 Å². The second kappa shape index (κ2) is 8.05. The number of rotatable bonds is 5. The predicted octanol–water partition coefficient (Wildman–Crippen LogP) is 2.91. The molecule has 150 valence electrons. The van der Waals surface area contributed by atoms with Gasteiger partial charge in [0.2, 0.25) is 5.91 Å². The van der Waals surface area contributed by atoms with E-state index in [1.165, 1.54) is 4.90 Å². The van der Waals surface area contributed by atoms with E-state index in [0.717, 1.165) is 0 Å². The van der Waals surface area contributed by atoms with Gasteiger partial charge in [0, 0.05) is 0 Å². The quantitative estimate of drug-likeness (QED) is 0.785. The van der Waals surface area contributed by atoms with E-state index in [9.17, 15) is 14.4 Å². The van der Waals surface area contributed by atoms with E-state index in [1.54, 1.807) is 24.3 Å². The third kappa shape index (κ3) is 4.00. The number of nitrogens with zero attached hydrogens (tertiary/aromatic N) is 2. The first-order chi connectivity index (χ1) is 14.0. The van der Waals surface area contributed by atoms with Crippen molar-refractivity contribution >= 4 is 23.5 Å². The van der Waals surface area contributed by atoms with Crippen LogP contribution in [0.5, 0.6) is 11.5 Å².